The lowest BCUT2D eigenvalue weighted by molar-refractivity contribution is -0.158. The summed E-state index contributed by atoms with van der Waals surface area (Å²) < 4.78 is 4.70. The fourth-order valence-corrected chi connectivity index (χ4v) is 1.05. The smallest absolute Gasteiger partial charge is 0.335 e. The van der Waals surface area contributed by atoms with Crippen molar-refractivity contribution < 1.29 is 24.5 Å². The second kappa shape index (κ2) is 15.0. The monoisotopic (exact) mass is 276 g/mol. The molecule has 114 valence electrons. The van der Waals surface area contributed by atoms with Crippen molar-refractivity contribution in [3.8, 4) is 0 Å². The third-order valence-electron chi connectivity index (χ3n) is 2.38. The highest BCUT2D eigenvalue weighted by Crippen LogP contribution is 2.01. The number of unbranched alkanes of at least 4 members (excludes halogenated alkanes) is 4. The van der Waals surface area contributed by atoms with E-state index in [1.54, 1.807) is 0 Å². The van der Waals surface area contributed by atoms with E-state index in [2.05, 4.69) is 20.8 Å². The number of esters is 1. The summed E-state index contributed by atoms with van der Waals surface area (Å²) in [6.07, 6.45) is 4.38. The number of rotatable bonds is 9. The minimum Gasteiger partial charge on any atom is -0.481 e. The number of hydrogen-bond donors (Lipinski definition) is 2. The van der Waals surface area contributed by atoms with Gasteiger partial charge in [0, 0.05) is 0 Å². The average Bonchev–Trinajstić information content (AvgIpc) is 2.37. The summed E-state index contributed by atoms with van der Waals surface area (Å²) in [7, 11) is 0. The highest BCUT2D eigenvalue weighted by Gasteiger charge is 2.19. The van der Waals surface area contributed by atoms with Crippen molar-refractivity contribution in [1.29, 1.82) is 0 Å². The summed E-state index contributed by atoms with van der Waals surface area (Å²) >= 11 is 0. The molecule has 0 aromatic rings. The van der Waals surface area contributed by atoms with Crippen molar-refractivity contribution in [2.24, 2.45) is 0 Å². The van der Waals surface area contributed by atoms with E-state index in [1.165, 1.54) is 12.8 Å². The molecule has 0 aromatic heterocycles. The molecule has 0 aliphatic carbocycles. The molecule has 1 atom stereocenters. The number of aliphatic carboxylic acids is 1. The quantitative estimate of drug-likeness (QED) is 0.499. The van der Waals surface area contributed by atoms with Crippen molar-refractivity contribution >= 4 is 11.9 Å². The molecule has 0 fully saturated rings. The topological polar surface area (TPSA) is 83.8 Å². The Bertz CT molecular complexity index is 226. The maximum Gasteiger partial charge on any atom is 0.335 e. The molecule has 0 heterocycles. The van der Waals surface area contributed by atoms with Crippen LogP contribution in [0.2, 0.25) is 0 Å². The fourth-order valence-electron chi connectivity index (χ4n) is 1.05. The van der Waals surface area contributed by atoms with E-state index in [0.717, 1.165) is 25.7 Å². The Hall–Kier alpha value is -1.10. The molecular formula is C14H28O5. The molecule has 0 aliphatic heterocycles. The van der Waals surface area contributed by atoms with Crippen LogP contribution in [-0.2, 0) is 14.3 Å². The summed E-state index contributed by atoms with van der Waals surface area (Å²) in [4.78, 5) is 21.1. The van der Waals surface area contributed by atoms with Gasteiger partial charge in [0.05, 0.1) is 13.0 Å². The van der Waals surface area contributed by atoms with Gasteiger partial charge in [0.25, 0.3) is 0 Å². The van der Waals surface area contributed by atoms with Crippen LogP contribution in [0, 0.1) is 0 Å². The lowest BCUT2D eigenvalue weighted by atomic mass is 10.2. The van der Waals surface area contributed by atoms with Crippen molar-refractivity contribution in [2.75, 3.05) is 6.61 Å². The third kappa shape index (κ3) is 16.9. The fraction of sp³-hybridized carbons (Fsp3) is 0.857. The zero-order chi connectivity index (χ0) is 15.1. The van der Waals surface area contributed by atoms with E-state index >= 15 is 0 Å². The molecule has 1 unspecified atom stereocenters. The Morgan fingerprint density at radius 1 is 1.00 bits per heavy atom. The Balaban J connectivity index is 0. The second-order valence-electron chi connectivity index (χ2n) is 4.34. The van der Waals surface area contributed by atoms with Gasteiger partial charge in [0.1, 0.15) is 0 Å². The number of carboxylic acid groups (broad SMARTS) is 1. The van der Waals surface area contributed by atoms with Crippen molar-refractivity contribution in [2.45, 2.75) is 71.8 Å². The standard InChI is InChI=1S/C10H18O5.C4H10/c1-2-3-4-5-6-15-10(14)8(11)7-9(12)13;1-3-4-2/h8,11H,2-7H2,1H3,(H,12,13);3-4H2,1-2H3. The van der Waals surface area contributed by atoms with E-state index in [-0.39, 0.29) is 6.61 Å². The average molecular weight is 276 g/mol. The molecule has 0 aromatic carbocycles. The van der Waals surface area contributed by atoms with E-state index < -0.39 is 24.5 Å². The number of aliphatic hydroxyl groups excluding tert-OH is 1. The molecule has 0 amide bonds. The van der Waals surface area contributed by atoms with Crippen LogP contribution in [0.15, 0.2) is 0 Å². The van der Waals surface area contributed by atoms with Gasteiger partial charge in [-0.3, -0.25) is 4.79 Å². The van der Waals surface area contributed by atoms with Gasteiger partial charge in [-0.25, -0.2) is 4.79 Å². The van der Waals surface area contributed by atoms with Gasteiger partial charge in [0.15, 0.2) is 6.10 Å². The van der Waals surface area contributed by atoms with Gasteiger partial charge in [-0.15, -0.1) is 0 Å². The van der Waals surface area contributed by atoms with Crippen molar-refractivity contribution in [1.82, 2.24) is 0 Å². The zero-order valence-corrected chi connectivity index (χ0v) is 12.4. The number of ether oxygens (including phenoxy) is 1. The highest BCUT2D eigenvalue weighted by molar-refractivity contribution is 5.80. The number of carbonyl (C=O) groups is 2. The lowest BCUT2D eigenvalue weighted by Gasteiger charge is -2.08. The summed E-state index contributed by atoms with van der Waals surface area (Å²) in [5, 5.41) is 17.3. The molecule has 2 N–H and O–H groups in total. The first kappa shape index (κ1) is 20.2. The first-order valence-electron chi connectivity index (χ1n) is 7.05. The molecule has 0 spiro atoms. The van der Waals surface area contributed by atoms with Crippen molar-refractivity contribution in [3.63, 3.8) is 0 Å². The van der Waals surface area contributed by atoms with Crippen molar-refractivity contribution in [3.05, 3.63) is 0 Å². The van der Waals surface area contributed by atoms with Crippen LogP contribution in [0.4, 0.5) is 0 Å². The maximum absolute atomic E-state index is 11.0. The number of aliphatic hydroxyl groups is 1. The van der Waals surface area contributed by atoms with Crippen LogP contribution in [0.25, 0.3) is 0 Å². The summed E-state index contributed by atoms with van der Waals surface area (Å²) in [6.45, 7) is 6.68. The molecule has 0 rings (SSSR count). The minimum absolute atomic E-state index is 0.246. The van der Waals surface area contributed by atoms with Gasteiger partial charge >= 0.3 is 11.9 Å². The Morgan fingerprint density at radius 2 is 1.58 bits per heavy atom. The molecule has 0 radical (unpaired) electrons. The van der Waals surface area contributed by atoms with Gasteiger partial charge in [0.2, 0.25) is 0 Å². The molecule has 19 heavy (non-hydrogen) atoms. The van der Waals surface area contributed by atoms with E-state index in [9.17, 15) is 9.59 Å². The molecule has 5 heteroatoms. The number of carboxylic acids is 1. The van der Waals surface area contributed by atoms with Crippen LogP contribution in [0.5, 0.6) is 0 Å². The first-order valence-corrected chi connectivity index (χ1v) is 7.05. The predicted molar refractivity (Wildman–Crippen MR) is 73.9 cm³/mol. The van der Waals surface area contributed by atoms with Crippen LogP contribution in [-0.4, -0.2) is 34.9 Å². The molecule has 0 saturated carbocycles. The number of hydrogen-bond acceptors (Lipinski definition) is 4. The van der Waals surface area contributed by atoms with Gasteiger partial charge < -0.3 is 14.9 Å². The molecule has 5 nitrogen and oxygen atoms in total. The van der Waals surface area contributed by atoms with Gasteiger partial charge in [-0.2, -0.15) is 0 Å². The van der Waals surface area contributed by atoms with Gasteiger partial charge in [-0.1, -0.05) is 52.9 Å². The van der Waals surface area contributed by atoms with Crippen LogP contribution >= 0.6 is 0 Å². The molecule has 0 bridgehead atoms. The van der Waals surface area contributed by atoms with E-state index in [1.807, 2.05) is 0 Å². The lowest BCUT2D eigenvalue weighted by Crippen LogP contribution is -2.26. The predicted octanol–water partition coefficient (Wildman–Crippen LogP) is 2.75. The summed E-state index contributed by atoms with van der Waals surface area (Å²) in [6, 6.07) is 0. The largest absolute Gasteiger partial charge is 0.481 e. The summed E-state index contributed by atoms with van der Waals surface area (Å²) in [5.74, 6) is -2.07. The third-order valence-corrected chi connectivity index (χ3v) is 2.38. The van der Waals surface area contributed by atoms with Crippen LogP contribution in [0.3, 0.4) is 0 Å². The number of carbonyl (C=O) groups excluding carboxylic acids is 1. The first-order chi connectivity index (χ1) is 8.99. The minimum atomic E-state index is -1.55. The van der Waals surface area contributed by atoms with Crippen LogP contribution in [0.1, 0.15) is 65.7 Å². The molecular weight excluding hydrogens is 248 g/mol. The van der Waals surface area contributed by atoms with E-state index in [0.29, 0.717) is 0 Å². The Morgan fingerprint density at radius 3 is 2.00 bits per heavy atom. The summed E-state index contributed by atoms with van der Waals surface area (Å²) in [5.41, 5.74) is 0. The normalized spacial score (nSPS) is 11.2. The molecule has 0 saturated heterocycles. The van der Waals surface area contributed by atoms with E-state index in [4.69, 9.17) is 14.9 Å². The SMILES string of the molecule is CCCC.CCCCCCOC(=O)C(O)CC(=O)O. The van der Waals surface area contributed by atoms with Crippen LogP contribution < -0.4 is 0 Å². The maximum atomic E-state index is 11.0. The molecule has 0 aliphatic rings. The Kier molecular flexibility index (Phi) is 15.9. The zero-order valence-electron chi connectivity index (χ0n) is 12.4. The van der Waals surface area contributed by atoms with Gasteiger partial charge in [-0.05, 0) is 6.42 Å². The Labute approximate surface area is 116 Å². The highest BCUT2D eigenvalue weighted by atomic mass is 16.5. The second-order valence-corrected chi connectivity index (χ2v) is 4.34.